The van der Waals surface area contributed by atoms with Gasteiger partial charge in [0.1, 0.15) is 0 Å². The molecule has 0 unspecified atom stereocenters. The fraction of sp³-hybridized carbons (Fsp3) is 0.167. The van der Waals surface area contributed by atoms with Crippen LogP contribution in [0.2, 0.25) is 0 Å². The Morgan fingerprint density at radius 3 is 2.64 bits per heavy atom. The second kappa shape index (κ2) is 6.27. The monoisotopic (exact) mass is 332 g/mol. The molecule has 0 atom stereocenters. The van der Waals surface area contributed by atoms with Crippen molar-refractivity contribution in [1.82, 2.24) is 24.7 Å². The summed E-state index contributed by atoms with van der Waals surface area (Å²) >= 11 is 0. The van der Waals surface area contributed by atoms with Gasteiger partial charge in [0.15, 0.2) is 11.6 Å². The Morgan fingerprint density at radius 2 is 1.88 bits per heavy atom. The minimum absolute atomic E-state index is 0.00985. The fourth-order valence-electron chi connectivity index (χ4n) is 2.96. The van der Waals surface area contributed by atoms with Crippen LogP contribution in [-0.4, -0.2) is 30.5 Å². The van der Waals surface area contributed by atoms with E-state index < -0.39 is 0 Å². The van der Waals surface area contributed by atoms with Gasteiger partial charge in [-0.05, 0) is 38.0 Å². The summed E-state index contributed by atoms with van der Waals surface area (Å²) < 4.78 is 1.77. The number of hydrogen-bond acceptors (Lipinski definition) is 6. The van der Waals surface area contributed by atoms with Gasteiger partial charge in [0.05, 0.1) is 17.0 Å². The van der Waals surface area contributed by atoms with Gasteiger partial charge in [0.2, 0.25) is 5.95 Å². The van der Waals surface area contributed by atoms with Gasteiger partial charge in [-0.25, -0.2) is 19.6 Å². The molecule has 1 aliphatic rings. The summed E-state index contributed by atoms with van der Waals surface area (Å²) in [6, 6.07) is 7.39. The third-order valence-corrected chi connectivity index (χ3v) is 4.11. The molecule has 0 spiro atoms. The highest BCUT2D eigenvalue weighted by Gasteiger charge is 2.29. The Bertz CT molecular complexity index is 946. The predicted molar refractivity (Wildman–Crippen MR) is 92.5 cm³/mol. The summed E-state index contributed by atoms with van der Waals surface area (Å²) in [6.45, 7) is 1.85. The van der Waals surface area contributed by atoms with Gasteiger partial charge in [0, 0.05) is 30.4 Å². The summed E-state index contributed by atoms with van der Waals surface area (Å²) in [5.41, 5.74) is 2.99. The fourth-order valence-corrected chi connectivity index (χ4v) is 2.96. The van der Waals surface area contributed by atoms with Gasteiger partial charge in [-0.3, -0.25) is 4.79 Å². The molecule has 25 heavy (non-hydrogen) atoms. The van der Waals surface area contributed by atoms with E-state index in [0.29, 0.717) is 29.2 Å². The number of carbonyl (C=O) groups is 1. The van der Waals surface area contributed by atoms with Gasteiger partial charge in [-0.2, -0.15) is 5.10 Å². The first-order valence-corrected chi connectivity index (χ1v) is 8.01. The van der Waals surface area contributed by atoms with Crippen LogP contribution < -0.4 is 5.32 Å². The normalized spacial score (nSPS) is 15.2. The maximum atomic E-state index is 12.9. The number of hydrogen-bond donors (Lipinski definition) is 1. The van der Waals surface area contributed by atoms with E-state index in [1.165, 1.54) is 0 Å². The van der Waals surface area contributed by atoms with Gasteiger partial charge >= 0.3 is 0 Å². The summed E-state index contributed by atoms with van der Waals surface area (Å²) in [7, 11) is 0. The van der Waals surface area contributed by atoms with Crippen LogP contribution in [0.3, 0.4) is 0 Å². The first kappa shape index (κ1) is 15.2. The van der Waals surface area contributed by atoms with Crippen LogP contribution in [0.5, 0.6) is 0 Å². The highest BCUT2D eigenvalue weighted by atomic mass is 16.1. The number of carbonyl (C=O) groups excluding carboxylic acids is 1. The maximum Gasteiger partial charge on any atom is 0.226 e. The highest BCUT2D eigenvalue weighted by molar-refractivity contribution is 6.11. The molecular weight excluding hydrogens is 316 g/mol. The predicted octanol–water partition coefficient (Wildman–Crippen LogP) is 2.49. The lowest BCUT2D eigenvalue weighted by atomic mass is 9.90. The molecule has 0 aliphatic heterocycles. The quantitative estimate of drug-likeness (QED) is 0.742. The number of anilines is 1. The Balaban J connectivity index is 1.66. The van der Waals surface area contributed by atoms with Crippen molar-refractivity contribution in [2.75, 3.05) is 5.32 Å². The molecule has 124 valence electrons. The summed E-state index contributed by atoms with van der Waals surface area (Å²) in [6.07, 6.45) is 8.06. The number of ketones is 1. The molecule has 0 aromatic carbocycles. The molecule has 0 saturated carbocycles. The van der Waals surface area contributed by atoms with E-state index in [4.69, 9.17) is 0 Å². The molecule has 0 saturated heterocycles. The lowest BCUT2D eigenvalue weighted by molar-refractivity contribution is 0.102. The summed E-state index contributed by atoms with van der Waals surface area (Å²) in [4.78, 5) is 25.4. The number of aryl methyl sites for hydroxylation is 1. The topological polar surface area (TPSA) is 85.6 Å². The second-order valence-electron chi connectivity index (χ2n) is 5.72. The molecule has 3 aromatic rings. The van der Waals surface area contributed by atoms with E-state index in [1.807, 2.05) is 25.1 Å². The number of nitrogens with zero attached hydrogens (tertiary/aromatic N) is 5. The number of Topliss-reactive ketones (excluding diaryl/α,β-unsaturated/α-hetero) is 1. The second-order valence-corrected chi connectivity index (χ2v) is 5.72. The van der Waals surface area contributed by atoms with E-state index >= 15 is 0 Å². The first-order valence-electron chi connectivity index (χ1n) is 8.01. The van der Waals surface area contributed by atoms with Gasteiger partial charge < -0.3 is 5.32 Å². The van der Waals surface area contributed by atoms with E-state index in [9.17, 15) is 4.79 Å². The van der Waals surface area contributed by atoms with Crippen molar-refractivity contribution in [2.24, 2.45) is 0 Å². The number of fused-ring (bicyclic) bond motifs is 1. The van der Waals surface area contributed by atoms with Gasteiger partial charge in [0.25, 0.3) is 0 Å². The SMILES string of the molecule is Cc1nn(-c2ccccn2)c2c1C(=O)/C(=C/Nc1ncccn1)CC2. The molecule has 0 fully saturated rings. The van der Waals surface area contributed by atoms with Crippen molar-refractivity contribution < 1.29 is 4.79 Å². The Hall–Kier alpha value is -3.35. The van der Waals surface area contributed by atoms with Crippen LogP contribution >= 0.6 is 0 Å². The van der Waals surface area contributed by atoms with Crippen LogP contribution in [0.1, 0.15) is 28.2 Å². The zero-order chi connectivity index (χ0) is 17.2. The van der Waals surface area contributed by atoms with Crippen molar-refractivity contribution >= 4 is 11.7 Å². The van der Waals surface area contributed by atoms with E-state index in [0.717, 1.165) is 17.9 Å². The molecular formula is C18H16N6O. The van der Waals surface area contributed by atoms with Crippen LogP contribution in [0.25, 0.3) is 5.82 Å². The van der Waals surface area contributed by atoms with Crippen molar-refractivity contribution in [1.29, 1.82) is 0 Å². The summed E-state index contributed by atoms with van der Waals surface area (Å²) in [5, 5.41) is 7.52. The lowest BCUT2D eigenvalue weighted by Crippen LogP contribution is -2.17. The molecule has 4 rings (SSSR count). The zero-order valence-corrected chi connectivity index (χ0v) is 13.7. The molecule has 0 radical (unpaired) electrons. The van der Waals surface area contributed by atoms with Crippen LogP contribution in [0, 0.1) is 6.92 Å². The van der Waals surface area contributed by atoms with Crippen molar-refractivity contribution in [3.05, 3.63) is 71.6 Å². The summed E-state index contributed by atoms with van der Waals surface area (Å²) in [5.74, 6) is 1.18. The Kier molecular flexibility index (Phi) is 3.81. The molecule has 0 bridgehead atoms. The lowest BCUT2D eigenvalue weighted by Gasteiger charge is -2.16. The molecule has 1 aliphatic carbocycles. The van der Waals surface area contributed by atoms with Crippen molar-refractivity contribution in [3.8, 4) is 5.82 Å². The average molecular weight is 332 g/mol. The van der Waals surface area contributed by atoms with Crippen molar-refractivity contribution in [3.63, 3.8) is 0 Å². The number of allylic oxidation sites excluding steroid dienone is 1. The minimum atomic E-state index is -0.00985. The van der Waals surface area contributed by atoms with Crippen LogP contribution in [0.15, 0.2) is 54.6 Å². The molecule has 7 heteroatoms. The smallest absolute Gasteiger partial charge is 0.226 e. The largest absolute Gasteiger partial charge is 0.330 e. The number of nitrogens with one attached hydrogen (secondary N) is 1. The van der Waals surface area contributed by atoms with E-state index in [-0.39, 0.29) is 5.78 Å². The number of rotatable bonds is 3. The molecule has 0 amide bonds. The molecule has 3 heterocycles. The minimum Gasteiger partial charge on any atom is -0.330 e. The van der Waals surface area contributed by atoms with Crippen LogP contribution in [-0.2, 0) is 6.42 Å². The van der Waals surface area contributed by atoms with Crippen molar-refractivity contribution in [2.45, 2.75) is 19.8 Å². The Labute approximate surface area is 144 Å². The average Bonchev–Trinajstić information content (AvgIpc) is 3.00. The standard InChI is InChI=1S/C18H16N6O/c1-12-16-14(24(23-12)15-5-2-3-8-19-15)7-6-13(17(16)25)11-22-18-20-9-4-10-21-18/h2-5,8-11H,6-7H2,1H3,(H,20,21,22)/b13-11+. The number of pyridine rings is 1. The van der Waals surface area contributed by atoms with E-state index in [1.54, 1.807) is 35.5 Å². The van der Waals surface area contributed by atoms with E-state index in [2.05, 4.69) is 25.4 Å². The third-order valence-electron chi connectivity index (χ3n) is 4.11. The number of aromatic nitrogens is 5. The molecule has 3 aromatic heterocycles. The Morgan fingerprint density at radius 1 is 1.08 bits per heavy atom. The highest BCUT2D eigenvalue weighted by Crippen LogP contribution is 2.29. The third kappa shape index (κ3) is 2.80. The molecule has 1 N–H and O–H groups in total. The molecule has 7 nitrogen and oxygen atoms in total. The maximum absolute atomic E-state index is 12.9. The van der Waals surface area contributed by atoms with Crippen LogP contribution in [0.4, 0.5) is 5.95 Å². The zero-order valence-electron chi connectivity index (χ0n) is 13.7. The van der Waals surface area contributed by atoms with Gasteiger partial charge in [-0.15, -0.1) is 0 Å². The van der Waals surface area contributed by atoms with Gasteiger partial charge in [-0.1, -0.05) is 6.07 Å². The first-order chi connectivity index (χ1) is 12.2.